The minimum Gasteiger partial charge on any atom is -0.486 e. The summed E-state index contributed by atoms with van der Waals surface area (Å²) in [6.45, 7) is 4.93. The van der Waals surface area contributed by atoms with Crippen molar-refractivity contribution in [3.63, 3.8) is 0 Å². The Morgan fingerprint density at radius 2 is 1.81 bits per heavy atom. The zero-order valence-corrected chi connectivity index (χ0v) is 12.0. The molecule has 21 heavy (non-hydrogen) atoms. The SMILES string of the molecule is N[C@H](CN1CCOCC1)[C@H](O)c1ccc2c(c1)OCCO2. The van der Waals surface area contributed by atoms with E-state index in [-0.39, 0.29) is 6.04 Å². The average Bonchev–Trinajstić information content (AvgIpc) is 2.54. The molecule has 0 spiro atoms. The minimum atomic E-state index is -0.719. The third kappa shape index (κ3) is 3.47. The lowest BCUT2D eigenvalue weighted by atomic mass is 10.0. The number of aliphatic hydroxyl groups is 1. The standard InChI is InChI=1S/C15H22N2O4/c16-12(10-17-3-5-19-6-4-17)15(18)11-1-2-13-14(9-11)21-8-7-20-13/h1-2,9,12,15,18H,3-8,10,16H2/t12-,15-/m1/s1. The zero-order valence-electron chi connectivity index (χ0n) is 12.0. The molecule has 0 aliphatic carbocycles. The number of ether oxygens (including phenoxy) is 3. The van der Waals surface area contributed by atoms with Gasteiger partial charge >= 0.3 is 0 Å². The van der Waals surface area contributed by atoms with Gasteiger partial charge < -0.3 is 25.1 Å². The Morgan fingerprint density at radius 1 is 1.10 bits per heavy atom. The van der Waals surface area contributed by atoms with Crippen LogP contribution in [0.2, 0.25) is 0 Å². The monoisotopic (exact) mass is 294 g/mol. The highest BCUT2D eigenvalue weighted by Crippen LogP contribution is 2.33. The van der Waals surface area contributed by atoms with Crippen molar-refractivity contribution in [3.05, 3.63) is 23.8 Å². The molecule has 0 unspecified atom stereocenters. The van der Waals surface area contributed by atoms with Crippen LogP contribution in [0.4, 0.5) is 0 Å². The summed E-state index contributed by atoms with van der Waals surface area (Å²) in [7, 11) is 0. The third-order valence-corrected chi connectivity index (χ3v) is 3.89. The van der Waals surface area contributed by atoms with Crippen molar-refractivity contribution in [2.75, 3.05) is 46.1 Å². The molecule has 2 atom stereocenters. The Bertz CT molecular complexity index is 477. The molecule has 3 rings (SSSR count). The Morgan fingerprint density at radius 3 is 2.57 bits per heavy atom. The number of nitrogens with two attached hydrogens (primary N) is 1. The predicted octanol–water partition coefficient (Wildman–Crippen LogP) is 0.151. The van der Waals surface area contributed by atoms with Crippen molar-refractivity contribution >= 4 is 0 Å². The maximum atomic E-state index is 10.4. The summed E-state index contributed by atoms with van der Waals surface area (Å²) in [5.41, 5.74) is 6.92. The van der Waals surface area contributed by atoms with Gasteiger partial charge in [-0.1, -0.05) is 6.07 Å². The molecule has 1 fully saturated rings. The number of hydrogen-bond acceptors (Lipinski definition) is 6. The second kappa shape index (κ2) is 6.62. The summed E-state index contributed by atoms with van der Waals surface area (Å²) in [6.07, 6.45) is -0.719. The van der Waals surface area contributed by atoms with Gasteiger partial charge in [0.2, 0.25) is 0 Å². The van der Waals surface area contributed by atoms with Crippen LogP contribution in [0.25, 0.3) is 0 Å². The zero-order chi connectivity index (χ0) is 14.7. The van der Waals surface area contributed by atoms with E-state index in [1.165, 1.54) is 0 Å². The molecule has 3 N–H and O–H groups in total. The molecule has 2 aliphatic heterocycles. The highest BCUT2D eigenvalue weighted by atomic mass is 16.6. The first-order valence-corrected chi connectivity index (χ1v) is 7.37. The van der Waals surface area contributed by atoms with Gasteiger partial charge in [0.1, 0.15) is 13.2 Å². The summed E-state index contributed by atoms with van der Waals surface area (Å²) >= 11 is 0. The number of rotatable bonds is 4. The molecule has 116 valence electrons. The lowest BCUT2D eigenvalue weighted by Gasteiger charge is -2.31. The topological polar surface area (TPSA) is 77.2 Å². The highest BCUT2D eigenvalue weighted by Gasteiger charge is 2.23. The summed E-state index contributed by atoms with van der Waals surface area (Å²) in [4.78, 5) is 2.22. The Hall–Kier alpha value is -1.34. The molecular formula is C15H22N2O4. The quantitative estimate of drug-likeness (QED) is 0.823. The van der Waals surface area contributed by atoms with Gasteiger partial charge in [-0.25, -0.2) is 0 Å². The molecule has 1 saturated heterocycles. The van der Waals surface area contributed by atoms with Crippen LogP contribution in [-0.4, -0.2) is 62.1 Å². The van der Waals surface area contributed by atoms with Gasteiger partial charge in [0.25, 0.3) is 0 Å². The van der Waals surface area contributed by atoms with Crippen LogP contribution in [0, 0.1) is 0 Å². The maximum absolute atomic E-state index is 10.4. The van der Waals surface area contributed by atoms with Crippen LogP contribution in [0.1, 0.15) is 11.7 Å². The largest absolute Gasteiger partial charge is 0.486 e. The van der Waals surface area contributed by atoms with Crippen LogP contribution in [0.3, 0.4) is 0 Å². The number of nitrogens with zero attached hydrogens (tertiary/aromatic N) is 1. The lowest BCUT2D eigenvalue weighted by Crippen LogP contribution is -2.46. The van der Waals surface area contributed by atoms with Crippen molar-refractivity contribution in [2.24, 2.45) is 5.73 Å². The van der Waals surface area contributed by atoms with Crippen molar-refractivity contribution in [1.29, 1.82) is 0 Å². The Kier molecular flexibility index (Phi) is 4.60. The molecule has 6 heteroatoms. The number of benzene rings is 1. The van der Waals surface area contributed by atoms with E-state index in [1.54, 1.807) is 0 Å². The third-order valence-electron chi connectivity index (χ3n) is 3.89. The number of hydrogen-bond donors (Lipinski definition) is 2. The van der Waals surface area contributed by atoms with Gasteiger partial charge in [-0.05, 0) is 17.7 Å². The van der Waals surface area contributed by atoms with Crippen LogP contribution < -0.4 is 15.2 Å². The second-order valence-electron chi connectivity index (χ2n) is 5.42. The highest BCUT2D eigenvalue weighted by molar-refractivity contribution is 5.44. The molecule has 2 heterocycles. The van der Waals surface area contributed by atoms with E-state index in [0.717, 1.165) is 37.6 Å². The number of fused-ring (bicyclic) bond motifs is 1. The number of aliphatic hydroxyl groups excluding tert-OH is 1. The smallest absolute Gasteiger partial charge is 0.161 e. The summed E-state index contributed by atoms with van der Waals surface area (Å²) < 4.78 is 16.3. The first-order valence-electron chi connectivity index (χ1n) is 7.37. The van der Waals surface area contributed by atoms with Crippen molar-refractivity contribution in [2.45, 2.75) is 12.1 Å². The Labute approximate surface area is 124 Å². The van der Waals surface area contributed by atoms with Crippen molar-refractivity contribution in [3.8, 4) is 11.5 Å². The molecule has 0 aromatic heterocycles. The van der Waals surface area contributed by atoms with E-state index in [9.17, 15) is 5.11 Å². The second-order valence-corrected chi connectivity index (χ2v) is 5.42. The van der Waals surface area contributed by atoms with E-state index in [4.69, 9.17) is 19.9 Å². The Balaban J connectivity index is 1.64. The van der Waals surface area contributed by atoms with Crippen molar-refractivity contribution < 1.29 is 19.3 Å². The van der Waals surface area contributed by atoms with Crippen LogP contribution >= 0.6 is 0 Å². The van der Waals surface area contributed by atoms with Gasteiger partial charge in [-0.2, -0.15) is 0 Å². The van der Waals surface area contributed by atoms with Gasteiger partial charge in [-0.15, -0.1) is 0 Å². The summed E-state index contributed by atoms with van der Waals surface area (Å²) in [5, 5.41) is 10.4. The molecule has 6 nitrogen and oxygen atoms in total. The van der Waals surface area contributed by atoms with E-state index in [1.807, 2.05) is 18.2 Å². The fourth-order valence-electron chi connectivity index (χ4n) is 2.67. The number of morpholine rings is 1. The minimum absolute atomic E-state index is 0.342. The van der Waals surface area contributed by atoms with Gasteiger partial charge in [0.05, 0.1) is 19.3 Å². The fourth-order valence-corrected chi connectivity index (χ4v) is 2.67. The molecule has 1 aromatic carbocycles. The molecule has 0 bridgehead atoms. The summed E-state index contributed by atoms with van der Waals surface area (Å²) in [6, 6.07) is 5.15. The normalized spacial score (nSPS) is 21.8. The molecule has 1 aromatic rings. The predicted molar refractivity (Wildman–Crippen MR) is 77.6 cm³/mol. The van der Waals surface area contributed by atoms with E-state index in [2.05, 4.69) is 4.90 Å². The van der Waals surface area contributed by atoms with Crippen LogP contribution in [-0.2, 0) is 4.74 Å². The summed E-state index contributed by atoms with van der Waals surface area (Å²) in [5.74, 6) is 1.40. The first kappa shape index (κ1) is 14.6. The van der Waals surface area contributed by atoms with Crippen molar-refractivity contribution in [1.82, 2.24) is 4.90 Å². The lowest BCUT2D eigenvalue weighted by molar-refractivity contribution is 0.0248. The van der Waals surface area contributed by atoms with Gasteiger partial charge in [0, 0.05) is 25.7 Å². The van der Waals surface area contributed by atoms with Crippen LogP contribution in [0.5, 0.6) is 11.5 Å². The molecule has 0 radical (unpaired) electrons. The fraction of sp³-hybridized carbons (Fsp3) is 0.600. The average molecular weight is 294 g/mol. The van der Waals surface area contributed by atoms with E-state index in [0.29, 0.717) is 25.5 Å². The first-order chi connectivity index (χ1) is 10.2. The maximum Gasteiger partial charge on any atom is 0.161 e. The molecule has 2 aliphatic rings. The molecular weight excluding hydrogens is 272 g/mol. The van der Waals surface area contributed by atoms with Gasteiger partial charge in [0.15, 0.2) is 11.5 Å². The van der Waals surface area contributed by atoms with Crippen LogP contribution in [0.15, 0.2) is 18.2 Å². The van der Waals surface area contributed by atoms with E-state index < -0.39 is 6.10 Å². The van der Waals surface area contributed by atoms with Gasteiger partial charge in [-0.3, -0.25) is 4.90 Å². The van der Waals surface area contributed by atoms with E-state index >= 15 is 0 Å². The molecule has 0 saturated carbocycles. The molecule has 0 amide bonds.